The summed E-state index contributed by atoms with van der Waals surface area (Å²) in [4.78, 5) is 23.9. The molecule has 0 fully saturated rings. The third-order valence-electron chi connectivity index (χ3n) is 3.49. The second-order valence-electron chi connectivity index (χ2n) is 5.38. The number of carbonyl (C=O) groups excluding carboxylic acids is 2. The van der Waals surface area contributed by atoms with E-state index in [1.165, 1.54) is 12.3 Å². The number of hydrogen-bond donors (Lipinski definition) is 3. The number of phenols is 1. The molecule has 0 unspecified atom stereocenters. The average Bonchev–Trinajstić information content (AvgIpc) is 2.64. The summed E-state index contributed by atoms with van der Waals surface area (Å²) in [5.74, 6) is -0.320. The van der Waals surface area contributed by atoms with Gasteiger partial charge < -0.3 is 15.2 Å². The normalized spacial score (nSPS) is 11.7. The number of para-hydroxylation sites is 1. The van der Waals surface area contributed by atoms with Gasteiger partial charge in [0.2, 0.25) is 5.91 Å². The molecule has 2 aromatic carbocycles. The van der Waals surface area contributed by atoms with Crippen LogP contribution in [0.15, 0.2) is 59.7 Å². The van der Waals surface area contributed by atoms with Crippen molar-refractivity contribution in [2.45, 2.75) is 19.4 Å². The number of nitrogens with one attached hydrogen (secondary N) is 2. The number of phenolic OH excluding ortho intramolecular Hbond substituents is 1. The van der Waals surface area contributed by atoms with Crippen molar-refractivity contribution in [2.24, 2.45) is 5.10 Å². The van der Waals surface area contributed by atoms with Crippen LogP contribution in [-0.4, -0.2) is 29.9 Å². The molecule has 2 amide bonds. The molecular weight excluding hydrogens is 334 g/mol. The van der Waals surface area contributed by atoms with Gasteiger partial charge >= 0.3 is 6.09 Å². The van der Waals surface area contributed by atoms with Crippen molar-refractivity contribution in [3.8, 4) is 5.75 Å². The van der Waals surface area contributed by atoms with E-state index in [1.807, 2.05) is 30.3 Å². The number of hydrogen-bond acceptors (Lipinski definition) is 5. The van der Waals surface area contributed by atoms with Crippen LogP contribution in [0.25, 0.3) is 0 Å². The predicted molar refractivity (Wildman–Crippen MR) is 97.8 cm³/mol. The van der Waals surface area contributed by atoms with Crippen molar-refractivity contribution in [1.29, 1.82) is 0 Å². The topological polar surface area (TPSA) is 100 Å². The van der Waals surface area contributed by atoms with E-state index in [1.54, 1.807) is 25.1 Å². The molecule has 0 aliphatic rings. The Morgan fingerprint density at radius 2 is 1.85 bits per heavy atom. The van der Waals surface area contributed by atoms with Crippen molar-refractivity contribution in [1.82, 2.24) is 10.7 Å². The quantitative estimate of drug-likeness (QED) is 0.525. The van der Waals surface area contributed by atoms with Crippen LogP contribution in [0.3, 0.4) is 0 Å². The molecule has 136 valence electrons. The van der Waals surface area contributed by atoms with Crippen LogP contribution in [0.1, 0.15) is 30.5 Å². The number of hydrazone groups is 1. The first kappa shape index (κ1) is 19.0. The van der Waals surface area contributed by atoms with Crippen molar-refractivity contribution in [3.05, 3.63) is 65.7 Å². The van der Waals surface area contributed by atoms with Gasteiger partial charge in [0.25, 0.3) is 0 Å². The van der Waals surface area contributed by atoms with Gasteiger partial charge in [0, 0.05) is 5.56 Å². The number of nitrogens with zero attached hydrogens (tertiary/aromatic N) is 1. The molecule has 0 aliphatic carbocycles. The van der Waals surface area contributed by atoms with Gasteiger partial charge in [0.15, 0.2) is 0 Å². The number of benzene rings is 2. The minimum Gasteiger partial charge on any atom is -0.507 e. The Balaban J connectivity index is 1.99. The third kappa shape index (κ3) is 5.94. The van der Waals surface area contributed by atoms with Gasteiger partial charge in [-0.25, -0.2) is 10.2 Å². The van der Waals surface area contributed by atoms with Gasteiger partial charge in [-0.05, 0) is 24.6 Å². The third-order valence-corrected chi connectivity index (χ3v) is 3.49. The predicted octanol–water partition coefficient (Wildman–Crippen LogP) is 2.72. The minimum absolute atomic E-state index is 0.0130. The highest BCUT2D eigenvalue weighted by Gasteiger charge is 2.18. The van der Waals surface area contributed by atoms with Gasteiger partial charge in [0.05, 0.1) is 25.3 Å². The van der Waals surface area contributed by atoms with E-state index < -0.39 is 12.1 Å². The van der Waals surface area contributed by atoms with Crippen LogP contribution in [0.5, 0.6) is 5.75 Å². The van der Waals surface area contributed by atoms with E-state index >= 15 is 0 Å². The lowest BCUT2D eigenvalue weighted by molar-refractivity contribution is -0.121. The maximum Gasteiger partial charge on any atom is 0.407 e. The standard InChI is InChI=1S/C19H21N3O4/c1-2-26-19(25)21-16(14-8-4-3-5-9-14)12-18(24)22-20-13-15-10-6-7-11-17(15)23/h3-11,13,16,23H,2,12H2,1H3,(H,21,25)(H,22,24)/b20-13-/t16-/m0/s1. The lowest BCUT2D eigenvalue weighted by atomic mass is 10.0. The first-order chi connectivity index (χ1) is 12.6. The molecule has 0 spiro atoms. The smallest absolute Gasteiger partial charge is 0.407 e. The van der Waals surface area contributed by atoms with Gasteiger partial charge in [-0.15, -0.1) is 0 Å². The van der Waals surface area contributed by atoms with Crippen LogP contribution >= 0.6 is 0 Å². The highest BCUT2D eigenvalue weighted by atomic mass is 16.5. The number of alkyl carbamates (subject to hydrolysis) is 1. The molecule has 0 heterocycles. The molecule has 2 aromatic rings. The molecule has 26 heavy (non-hydrogen) atoms. The van der Waals surface area contributed by atoms with E-state index in [0.29, 0.717) is 5.56 Å². The highest BCUT2D eigenvalue weighted by molar-refractivity contribution is 5.85. The lowest BCUT2D eigenvalue weighted by Crippen LogP contribution is -2.33. The summed E-state index contributed by atoms with van der Waals surface area (Å²) in [5.41, 5.74) is 3.65. The molecule has 7 nitrogen and oxygen atoms in total. The Hall–Kier alpha value is -3.35. The molecule has 7 heteroatoms. The number of ether oxygens (including phenoxy) is 1. The average molecular weight is 355 g/mol. The molecule has 0 saturated carbocycles. The summed E-state index contributed by atoms with van der Waals surface area (Å²) in [7, 11) is 0. The first-order valence-corrected chi connectivity index (χ1v) is 8.18. The second-order valence-corrected chi connectivity index (χ2v) is 5.38. The summed E-state index contributed by atoms with van der Waals surface area (Å²) in [6, 6.07) is 15.2. The minimum atomic E-state index is -0.591. The van der Waals surface area contributed by atoms with Crippen LogP contribution in [0.2, 0.25) is 0 Å². The molecule has 0 aromatic heterocycles. The van der Waals surface area contributed by atoms with E-state index in [9.17, 15) is 14.7 Å². The Kier molecular flexibility index (Phi) is 7.17. The van der Waals surface area contributed by atoms with Gasteiger partial charge in [-0.2, -0.15) is 5.10 Å². The van der Waals surface area contributed by atoms with Crippen LogP contribution in [-0.2, 0) is 9.53 Å². The molecule has 3 N–H and O–H groups in total. The van der Waals surface area contributed by atoms with Crippen LogP contribution < -0.4 is 10.7 Å². The maximum atomic E-state index is 12.2. The molecule has 1 atom stereocenters. The summed E-state index contributed by atoms with van der Waals surface area (Å²) < 4.78 is 4.89. The maximum absolute atomic E-state index is 12.2. The number of aromatic hydroxyl groups is 1. The molecule has 0 bridgehead atoms. The van der Waals surface area contributed by atoms with Gasteiger partial charge in [-0.3, -0.25) is 4.79 Å². The Bertz CT molecular complexity index is 762. The van der Waals surface area contributed by atoms with Crippen LogP contribution in [0.4, 0.5) is 4.79 Å². The fourth-order valence-electron chi connectivity index (χ4n) is 2.25. The molecular formula is C19H21N3O4. The zero-order valence-electron chi connectivity index (χ0n) is 14.4. The Morgan fingerprint density at radius 3 is 2.54 bits per heavy atom. The highest BCUT2D eigenvalue weighted by Crippen LogP contribution is 2.17. The Morgan fingerprint density at radius 1 is 1.15 bits per heavy atom. The SMILES string of the molecule is CCOC(=O)N[C@@H](CC(=O)N/N=C\c1ccccc1O)c1ccccc1. The molecule has 0 aliphatic heterocycles. The van der Waals surface area contributed by atoms with Crippen molar-refractivity contribution in [3.63, 3.8) is 0 Å². The van der Waals surface area contributed by atoms with Crippen molar-refractivity contribution in [2.75, 3.05) is 6.61 Å². The second kappa shape index (κ2) is 9.83. The zero-order valence-corrected chi connectivity index (χ0v) is 14.4. The van der Waals surface area contributed by atoms with E-state index in [2.05, 4.69) is 15.8 Å². The molecule has 0 saturated heterocycles. The van der Waals surface area contributed by atoms with E-state index in [4.69, 9.17) is 4.74 Å². The number of amides is 2. The van der Waals surface area contributed by atoms with E-state index in [0.717, 1.165) is 5.56 Å². The number of rotatable bonds is 7. The summed E-state index contributed by atoms with van der Waals surface area (Å²) >= 11 is 0. The van der Waals surface area contributed by atoms with Crippen LogP contribution in [0, 0.1) is 0 Å². The Labute approximate surface area is 151 Å². The number of carbonyl (C=O) groups is 2. The summed E-state index contributed by atoms with van der Waals surface area (Å²) in [6.07, 6.45) is 0.747. The summed E-state index contributed by atoms with van der Waals surface area (Å²) in [6.45, 7) is 1.95. The fraction of sp³-hybridized carbons (Fsp3) is 0.211. The van der Waals surface area contributed by atoms with Gasteiger partial charge in [-0.1, -0.05) is 42.5 Å². The monoisotopic (exact) mass is 355 g/mol. The van der Waals surface area contributed by atoms with Gasteiger partial charge in [0.1, 0.15) is 5.75 Å². The first-order valence-electron chi connectivity index (χ1n) is 8.18. The van der Waals surface area contributed by atoms with Crippen molar-refractivity contribution >= 4 is 18.2 Å². The fourth-order valence-corrected chi connectivity index (χ4v) is 2.25. The van der Waals surface area contributed by atoms with E-state index in [-0.39, 0.29) is 24.7 Å². The van der Waals surface area contributed by atoms with Crippen molar-refractivity contribution < 1.29 is 19.4 Å². The molecule has 2 rings (SSSR count). The largest absolute Gasteiger partial charge is 0.507 e. The molecule has 0 radical (unpaired) electrons. The summed E-state index contributed by atoms with van der Waals surface area (Å²) in [5, 5.41) is 16.2. The zero-order chi connectivity index (χ0) is 18.8. The lowest BCUT2D eigenvalue weighted by Gasteiger charge is -2.18.